The van der Waals surface area contributed by atoms with Crippen LogP contribution in [0.3, 0.4) is 0 Å². The van der Waals surface area contributed by atoms with Crippen molar-refractivity contribution in [3.63, 3.8) is 0 Å². The minimum absolute atomic E-state index is 0.0260. The molecule has 0 aliphatic rings. The minimum atomic E-state index is -0.545. The van der Waals surface area contributed by atoms with E-state index in [0.717, 1.165) is 0 Å². The minimum Gasteiger partial charge on any atom is -0.361 e. The summed E-state index contributed by atoms with van der Waals surface area (Å²) in [6.45, 7) is 0.932. The van der Waals surface area contributed by atoms with Crippen molar-refractivity contribution in [2.24, 2.45) is 0 Å². The topological polar surface area (TPSA) is 71.1 Å². The number of hydrogen-bond donors (Lipinski definition) is 2. The van der Waals surface area contributed by atoms with Crippen molar-refractivity contribution in [1.29, 1.82) is 0 Å². The number of aromatic nitrogens is 1. The van der Waals surface area contributed by atoms with Crippen molar-refractivity contribution in [1.82, 2.24) is 10.3 Å². The van der Waals surface area contributed by atoms with Crippen LogP contribution < -0.4 is 10.6 Å². The Hall–Kier alpha value is -2.77. The molecular formula is C20H17ClFN3O2S. The van der Waals surface area contributed by atoms with Crippen LogP contribution in [-0.2, 0) is 0 Å². The molecule has 1 heterocycles. The van der Waals surface area contributed by atoms with Gasteiger partial charge >= 0.3 is 0 Å². The number of halogens is 2. The van der Waals surface area contributed by atoms with E-state index in [4.69, 9.17) is 11.6 Å². The van der Waals surface area contributed by atoms with Gasteiger partial charge in [0.1, 0.15) is 5.82 Å². The van der Waals surface area contributed by atoms with E-state index in [2.05, 4.69) is 15.6 Å². The molecule has 2 aromatic carbocycles. The summed E-state index contributed by atoms with van der Waals surface area (Å²) in [7, 11) is 0. The Morgan fingerprint density at radius 3 is 2.50 bits per heavy atom. The Labute approximate surface area is 170 Å². The van der Waals surface area contributed by atoms with E-state index in [-0.39, 0.29) is 11.3 Å². The molecule has 0 fully saturated rings. The third-order valence-corrected chi connectivity index (χ3v) is 5.17. The van der Waals surface area contributed by atoms with Crippen LogP contribution in [0.25, 0.3) is 0 Å². The molecule has 0 radical (unpaired) electrons. The molecule has 1 amide bonds. The van der Waals surface area contributed by atoms with Gasteiger partial charge in [-0.15, -0.1) is 0 Å². The highest BCUT2D eigenvalue weighted by molar-refractivity contribution is 7.17. The van der Waals surface area contributed by atoms with Crippen LogP contribution in [0, 0.1) is 5.82 Å². The lowest BCUT2D eigenvalue weighted by Gasteiger charge is -2.06. The van der Waals surface area contributed by atoms with Crippen LogP contribution in [0.15, 0.2) is 54.7 Å². The number of hydrogen-bond acceptors (Lipinski definition) is 5. The Balaban J connectivity index is 1.45. The van der Waals surface area contributed by atoms with Crippen molar-refractivity contribution in [3.05, 3.63) is 81.6 Å². The van der Waals surface area contributed by atoms with Gasteiger partial charge in [0.25, 0.3) is 5.91 Å². The number of thiazole rings is 1. The number of amides is 1. The van der Waals surface area contributed by atoms with Gasteiger partial charge in [-0.1, -0.05) is 47.2 Å². The standard InChI is InChI=1S/C20H17ClFN3O2S/c21-15-8-3-1-6-13(15)18(26)17-12-25-20(28-17)24-11-5-10-23-19(27)14-7-2-4-9-16(14)22/h1-4,6-9,12H,5,10-11H2,(H,23,27)(H,24,25). The summed E-state index contributed by atoms with van der Waals surface area (Å²) >= 11 is 7.30. The molecule has 0 bridgehead atoms. The summed E-state index contributed by atoms with van der Waals surface area (Å²) in [5.74, 6) is -1.16. The van der Waals surface area contributed by atoms with Crippen LogP contribution in [0.4, 0.5) is 9.52 Å². The number of ketones is 1. The second kappa shape index (κ2) is 9.43. The van der Waals surface area contributed by atoms with E-state index in [1.165, 1.54) is 35.7 Å². The van der Waals surface area contributed by atoms with Crippen molar-refractivity contribution in [3.8, 4) is 0 Å². The first-order valence-corrected chi connectivity index (χ1v) is 9.77. The molecule has 144 valence electrons. The maximum atomic E-state index is 13.5. The van der Waals surface area contributed by atoms with Crippen LogP contribution in [0.2, 0.25) is 5.02 Å². The Morgan fingerprint density at radius 1 is 1.04 bits per heavy atom. The fourth-order valence-corrected chi connectivity index (χ4v) is 3.48. The first-order valence-electron chi connectivity index (χ1n) is 8.58. The molecule has 0 aliphatic heterocycles. The molecule has 1 aromatic heterocycles. The first-order chi connectivity index (χ1) is 13.6. The van der Waals surface area contributed by atoms with Crippen LogP contribution in [-0.4, -0.2) is 29.8 Å². The summed E-state index contributed by atoms with van der Waals surface area (Å²) < 4.78 is 13.5. The lowest BCUT2D eigenvalue weighted by molar-refractivity contribution is 0.0949. The fourth-order valence-electron chi connectivity index (χ4n) is 2.47. The van der Waals surface area contributed by atoms with Gasteiger partial charge in [0, 0.05) is 18.7 Å². The zero-order chi connectivity index (χ0) is 19.9. The maximum absolute atomic E-state index is 13.5. The molecule has 3 rings (SSSR count). The van der Waals surface area contributed by atoms with Crippen molar-refractivity contribution in [2.45, 2.75) is 6.42 Å². The molecule has 3 aromatic rings. The molecule has 0 saturated heterocycles. The SMILES string of the molecule is O=C(NCCCNc1ncc(C(=O)c2ccccc2Cl)s1)c1ccccc1F. The summed E-state index contributed by atoms with van der Waals surface area (Å²) in [6.07, 6.45) is 2.13. The zero-order valence-electron chi connectivity index (χ0n) is 14.7. The molecule has 0 saturated carbocycles. The van der Waals surface area contributed by atoms with E-state index in [1.54, 1.807) is 30.3 Å². The third-order valence-electron chi connectivity index (χ3n) is 3.88. The third kappa shape index (κ3) is 4.94. The highest BCUT2D eigenvalue weighted by Crippen LogP contribution is 2.24. The average Bonchev–Trinajstić information content (AvgIpc) is 3.17. The van der Waals surface area contributed by atoms with E-state index in [9.17, 15) is 14.0 Å². The van der Waals surface area contributed by atoms with Gasteiger partial charge in [-0.05, 0) is 30.7 Å². The molecule has 8 heteroatoms. The number of nitrogens with one attached hydrogen (secondary N) is 2. The van der Waals surface area contributed by atoms with Crippen LogP contribution in [0.5, 0.6) is 0 Å². The predicted octanol–water partition coefficient (Wildman–Crippen LogP) is 4.40. The molecule has 0 atom stereocenters. The summed E-state index contributed by atoms with van der Waals surface area (Å²) in [5.41, 5.74) is 0.466. The predicted molar refractivity (Wildman–Crippen MR) is 109 cm³/mol. The lowest BCUT2D eigenvalue weighted by Crippen LogP contribution is -2.26. The van der Waals surface area contributed by atoms with Crippen LogP contribution in [0.1, 0.15) is 32.0 Å². The second-order valence-electron chi connectivity index (χ2n) is 5.85. The van der Waals surface area contributed by atoms with Crippen molar-refractivity contribution < 1.29 is 14.0 Å². The number of rotatable bonds is 8. The molecule has 28 heavy (non-hydrogen) atoms. The molecule has 0 unspecified atom stereocenters. The number of anilines is 1. The van der Waals surface area contributed by atoms with E-state index in [0.29, 0.717) is 40.1 Å². The van der Waals surface area contributed by atoms with Gasteiger partial charge in [-0.25, -0.2) is 9.37 Å². The summed E-state index contributed by atoms with van der Waals surface area (Å²) in [4.78, 5) is 29.1. The Kier molecular flexibility index (Phi) is 6.73. The van der Waals surface area contributed by atoms with Crippen molar-refractivity contribution in [2.75, 3.05) is 18.4 Å². The van der Waals surface area contributed by atoms with E-state index in [1.807, 2.05) is 0 Å². The van der Waals surface area contributed by atoms with Gasteiger partial charge in [0.05, 0.1) is 21.7 Å². The van der Waals surface area contributed by atoms with Gasteiger partial charge in [0.2, 0.25) is 5.78 Å². The summed E-state index contributed by atoms with van der Waals surface area (Å²) in [6, 6.07) is 12.7. The lowest BCUT2D eigenvalue weighted by atomic mass is 10.1. The smallest absolute Gasteiger partial charge is 0.254 e. The largest absolute Gasteiger partial charge is 0.361 e. The number of carbonyl (C=O) groups is 2. The molecule has 5 nitrogen and oxygen atoms in total. The first kappa shape index (κ1) is 20.0. The van der Waals surface area contributed by atoms with Crippen LogP contribution >= 0.6 is 22.9 Å². The number of benzene rings is 2. The van der Waals surface area contributed by atoms with E-state index >= 15 is 0 Å². The Morgan fingerprint density at radius 2 is 1.75 bits per heavy atom. The molecule has 0 aliphatic carbocycles. The fraction of sp³-hybridized carbons (Fsp3) is 0.150. The number of carbonyl (C=O) groups excluding carboxylic acids is 2. The summed E-state index contributed by atoms with van der Waals surface area (Å²) in [5, 5.41) is 6.79. The molecule has 2 N–H and O–H groups in total. The molecular weight excluding hydrogens is 401 g/mol. The second-order valence-corrected chi connectivity index (χ2v) is 7.29. The monoisotopic (exact) mass is 417 g/mol. The van der Waals surface area contributed by atoms with Crippen molar-refractivity contribution >= 4 is 39.8 Å². The van der Waals surface area contributed by atoms with Gasteiger partial charge in [-0.3, -0.25) is 9.59 Å². The van der Waals surface area contributed by atoms with Gasteiger partial charge in [-0.2, -0.15) is 0 Å². The average molecular weight is 418 g/mol. The quantitative estimate of drug-likeness (QED) is 0.421. The highest BCUT2D eigenvalue weighted by Gasteiger charge is 2.15. The Bertz CT molecular complexity index is 993. The zero-order valence-corrected chi connectivity index (χ0v) is 16.3. The van der Waals surface area contributed by atoms with Gasteiger partial charge < -0.3 is 10.6 Å². The normalized spacial score (nSPS) is 10.5. The maximum Gasteiger partial charge on any atom is 0.254 e. The molecule has 0 spiro atoms. The highest BCUT2D eigenvalue weighted by atomic mass is 35.5. The van der Waals surface area contributed by atoms with E-state index < -0.39 is 11.7 Å². The van der Waals surface area contributed by atoms with Gasteiger partial charge in [0.15, 0.2) is 5.13 Å². The number of nitrogens with zero attached hydrogens (tertiary/aromatic N) is 1.